The van der Waals surface area contributed by atoms with E-state index in [1.807, 2.05) is 11.8 Å². The lowest BCUT2D eigenvalue weighted by Crippen LogP contribution is -2.49. The highest BCUT2D eigenvalue weighted by Gasteiger charge is 2.53. The number of carbonyl (C=O) groups is 2. The first-order chi connectivity index (χ1) is 12.5. The van der Waals surface area contributed by atoms with E-state index in [9.17, 15) is 9.59 Å². The standard InChI is InChI=1S/C21H36N2O3/c1-4-22-15-21(18(20(22)25)14-26-5-2)10-12-23(13-11-21)19(24)17-8-6-16(3)7-9-17/h16-18H,4-15H2,1-3H3. The van der Waals surface area contributed by atoms with E-state index in [-0.39, 0.29) is 23.2 Å². The molecule has 2 heterocycles. The van der Waals surface area contributed by atoms with Crippen LogP contribution in [-0.4, -0.2) is 61.0 Å². The maximum atomic E-state index is 12.9. The van der Waals surface area contributed by atoms with Crippen molar-refractivity contribution in [2.75, 3.05) is 39.4 Å². The van der Waals surface area contributed by atoms with E-state index in [2.05, 4.69) is 18.7 Å². The summed E-state index contributed by atoms with van der Waals surface area (Å²) in [7, 11) is 0. The van der Waals surface area contributed by atoms with Crippen molar-refractivity contribution in [2.24, 2.45) is 23.2 Å². The predicted molar refractivity (Wildman–Crippen MR) is 102 cm³/mol. The van der Waals surface area contributed by atoms with Gasteiger partial charge >= 0.3 is 0 Å². The SMILES string of the molecule is CCOCC1C(=O)N(CC)CC12CCN(C(=O)C1CCC(C)CC1)CC2. The molecule has 0 N–H and O–H groups in total. The number of hydrogen-bond donors (Lipinski definition) is 0. The molecule has 2 aliphatic heterocycles. The number of piperidine rings is 1. The van der Waals surface area contributed by atoms with Crippen LogP contribution in [0.5, 0.6) is 0 Å². The van der Waals surface area contributed by atoms with E-state index < -0.39 is 0 Å². The number of likely N-dealkylation sites (tertiary alicyclic amines) is 2. The van der Waals surface area contributed by atoms with Gasteiger partial charge in [-0.3, -0.25) is 9.59 Å². The number of hydrogen-bond acceptors (Lipinski definition) is 3. The van der Waals surface area contributed by atoms with E-state index in [4.69, 9.17) is 4.74 Å². The molecule has 0 aromatic heterocycles. The molecule has 0 bridgehead atoms. The maximum absolute atomic E-state index is 12.9. The highest BCUT2D eigenvalue weighted by atomic mass is 16.5. The number of rotatable bonds is 5. The first-order valence-electron chi connectivity index (χ1n) is 10.7. The molecule has 148 valence electrons. The van der Waals surface area contributed by atoms with Crippen LogP contribution < -0.4 is 0 Å². The Kier molecular flexibility index (Phi) is 6.26. The molecule has 0 aromatic carbocycles. The third-order valence-electron chi connectivity index (χ3n) is 7.16. The smallest absolute Gasteiger partial charge is 0.228 e. The van der Waals surface area contributed by atoms with Crippen molar-refractivity contribution >= 4 is 11.8 Å². The summed E-state index contributed by atoms with van der Waals surface area (Å²) in [5.41, 5.74) is 0.000121. The lowest BCUT2D eigenvalue weighted by atomic mass is 9.70. The van der Waals surface area contributed by atoms with Gasteiger partial charge in [-0.25, -0.2) is 0 Å². The van der Waals surface area contributed by atoms with Crippen LogP contribution in [0.25, 0.3) is 0 Å². The molecule has 3 aliphatic rings. The van der Waals surface area contributed by atoms with Crippen LogP contribution in [0.1, 0.15) is 59.3 Å². The molecule has 26 heavy (non-hydrogen) atoms. The minimum atomic E-state index is -0.0322. The Morgan fingerprint density at radius 2 is 1.81 bits per heavy atom. The molecule has 1 saturated carbocycles. The first kappa shape index (κ1) is 19.7. The fraction of sp³-hybridized carbons (Fsp3) is 0.905. The fourth-order valence-corrected chi connectivity index (χ4v) is 5.25. The molecule has 1 spiro atoms. The summed E-state index contributed by atoms with van der Waals surface area (Å²) in [6, 6.07) is 0. The number of nitrogens with zero attached hydrogens (tertiary/aromatic N) is 2. The van der Waals surface area contributed by atoms with Crippen molar-refractivity contribution in [1.82, 2.24) is 9.80 Å². The molecule has 2 amide bonds. The molecule has 1 atom stereocenters. The van der Waals surface area contributed by atoms with E-state index >= 15 is 0 Å². The molecule has 3 fully saturated rings. The normalized spacial score (nSPS) is 31.7. The molecular weight excluding hydrogens is 328 g/mol. The van der Waals surface area contributed by atoms with Gasteiger partial charge in [-0.15, -0.1) is 0 Å². The molecule has 2 saturated heterocycles. The third-order valence-corrected chi connectivity index (χ3v) is 7.16. The van der Waals surface area contributed by atoms with E-state index in [0.29, 0.717) is 19.1 Å². The highest BCUT2D eigenvalue weighted by molar-refractivity contribution is 5.83. The second-order valence-electron chi connectivity index (χ2n) is 8.71. The zero-order valence-electron chi connectivity index (χ0n) is 16.8. The highest BCUT2D eigenvalue weighted by Crippen LogP contribution is 2.46. The largest absolute Gasteiger partial charge is 0.381 e. The Hall–Kier alpha value is -1.10. The monoisotopic (exact) mass is 364 g/mol. The summed E-state index contributed by atoms with van der Waals surface area (Å²) in [6.07, 6.45) is 6.34. The van der Waals surface area contributed by atoms with Gasteiger partial charge in [-0.1, -0.05) is 6.92 Å². The van der Waals surface area contributed by atoms with Gasteiger partial charge in [0.2, 0.25) is 11.8 Å². The number of ether oxygens (including phenoxy) is 1. The molecular formula is C21H36N2O3. The van der Waals surface area contributed by atoms with Crippen LogP contribution in [0.2, 0.25) is 0 Å². The third kappa shape index (κ3) is 3.78. The maximum Gasteiger partial charge on any atom is 0.228 e. The Labute approximate surface area is 158 Å². The molecule has 1 aliphatic carbocycles. The van der Waals surface area contributed by atoms with Crippen molar-refractivity contribution in [1.29, 1.82) is 0 Å². The predicted octanol–water partition coefficient (Wildman–Crippen LogP) is 2.94. The summed E-state index contributed by atoms with van der Waals surface area (Å²) >= 11 is 0. The summed E-state index contributed by atoms with van der Waals surface area (Å²) in [5, 5.41) is 0. The zero-order valence-corrected chi connectivity index (χ0v) is 16.8. The van der Waals surface area contributed by atoms with Crippen molar-refractivity contribution in [3.05, 3.63) is 0 Å². The van der Waals surface area contributed by atoms with Gasteiger partial charge in [0.25, 0.3) is 0 Å². The van der Waals surface area contributed by atoms with Crippen LogP contribution in [0.15, 0.2) is 0 Å². The Bertz CT molecular complexity index is 505. The molecule has 5 heteroatoms. The number of amides is 2. The topological polar surface area (TPSA) is 49.9 Å². The molecule has 3 rings (SSSR count). The van der Waals surface area contributed by atoms with Gasteiger partial charge in [0.15, 0.2) is 0 Å². The molecule has 0 aromatic rings. The second-order valence-corrected chi connectivity index (χ2v) is 8.71. The van der Waals surface area contributed by atoms with E-state index in [0.717, 1.165) is 57.8 Å². The average Bonchev–Trinajstić information content (AvgIpc) is 2.92. The summed E-state index contributed by atoms with van der Waals surface area (Å²) in [4.78, 5) is 29.8. The first-order valence-corrected chi connectivity index (χ1v) is 10.7. The second kappa shape index (κ2) is 8.28. The van der Waals surface area contributed by atoms with Crippen molar-refractivity contribution < 1.29 is 14.3 Å². The lowest BCUT2D eigenvalue weighted by molar-refractivity contribution is -0.140. The summed E-state index contributed by atoms with van der Waals surface area (Å²) < 4.78 is 5.66. The number of carbonyl (C=O) groups excluding carboxylic acids is 2. The molecule has 1 unspecified atom stereocenters. The van der Waals surface area contributed by atoms with Gasteiger partial charge in [0, 0.05) is 44.1 Å². The Morgan fingerprint density at radius 1 is 1.15 bits per heavy atom. The van der Waals surface area contributed by atoms with Gasteiger partial charge in [-0.2, -0.15) is 0 Å². The van der Waals surface area contributed by atoms with Crippen molar-refractivity contribution in [3.63, 3.8) is 0 Å². The minimum Gasteiger partial charge on any atom is -0.381 e. The molecule has 0 radical (unpaired) electrons. The summed E-state index contributed by atoms with van der Waals surface area (Å²) in [6.45, 7) is 10.7. The Balaban J connectivity index is 1.62. The fourth-order valence-electron chi connectivity index (χ4n) is 5.25. The van der Waals surface area contributed by atoms with E-state index in [1.165, 1.54) is 12.8 Å². The van der Waals surface area contributed by atoms with Crippen molar-refractivity contribution in [2.45, 2.75) is 59.3 Å². The zero-order chi connectivity index (χ0) is 18.7. The van der Waals surface area contributed by atoms with Crippen LogP contribution in [0, 0.1) is 23.2 Å². The van der Waals surface area contributed by atoms with Crippen LogP contribution in [-0.2, 0) is 14.3 Å². The molecule has 5 nitrogen and oxygen atoms in total. The quantitative estimate of drug-likeness (QED) is 0.754. The summed E-state index contributed by atoms with van der Waals surface area (Å²) in [5.74, 6) is 1.59. The van der Waals surface area contributed by atoms with Gasteiger partial charge in [0.05, 0.1) is 12.5 Å². The lowest BCUT2D eigenvalue weighted by Gasteiger charge is -2.43. The Morgan fingerprint density at radius 3 is 2.38 bits per heavy atom. The van der Waals surface area contributed by atoms with Crippen LogP contribution >= 0.6 is 0 Å². The van der Waals surface area contributed by atoms with Crippen LogP contribution in [0.4, 0.5) is 0 Å². The van der Waals surface area contributed by atoms with Gasteiger partial charge in [-0.05, 0) is 58.3 Å². The average molecular weight is 365 g/mol. The van der Waals surface area contributed by atoms with E-state index in [1.54, 1.807) is 0 Å². The minimum absolute atomic E-state index is 0.000121. The van der Waals surface area contributed by atoms with Crippen molar-refractivity contribution in [3.8, 4) is 0 Å². The van der Waals surface area contributed by atoms with Gasteiger partial charge < -0.3 is 14.5 Å². The van der Waals surface area contributed by atoms with Gasteiger partial charge in [0.1, 0.15) is 0 Å². The van der Waals surface area contributed by atoms with Crippen LogP contribution in [0.3, 0.4) is 0 Å².